The van der Waals surface area contributed by atoms with Gasteiger partial charge in [-0.05, 0) is 38.1 Å². The van der Waals surface area contributed by atoms with Crippen LogP contribution in [0.3, 0.4) is 0 Å². The van der Waals surface area contributed by atoms with Crippen LogP contribution in [-0.2, 0) is 26.4 Å². The fraction of sp³-hybridized carbons (Fsp3) is 0.267. The fourth-order valence-corrected chi connectivity index (χ4v) is 0.926. The Hall–Kier alpha value is -2.80. The van der Waals surface area contributed by atoms with Crippen LogP contribution in [0.2, 0.25) is 0 Å². The van der Waals surface area contributed by atoms with Gasteiger partial charge in [0.25, 0.3) is 0 Å². The summed E-state index contributed by atoms with van der Waals surface area (Å²) in [5.74, 6) is -0.539. The number of carbonyl (C=O) groups excluding carboxylic acids is 2. The summed E-state index contributed by atoms with van der Waals surface area (Å²) in [6.45, 7) is 5.39. The number of nitrogens with zero attached hydrogens (tertiary/aromatic N) is 2. The van der Waals surface area contributed by atoms with Crippen molar-refractivity contribution in [2.24, 2.45) is 5.34 Å². The Morgan fingerprint density at radius 3 is 1.44 bits per heavy atom. The molecule has 11 nitrogen and oxygen atoms in total. The zero-order valence-electron chi connectivity index (χ0n) is 15.1. The van der Waals surface area contributed by atoms with Crippen LogP contribution in [0.4, 0.5) is 0 Å². The monoisotopic (exact) mass is 434 g/mol. The Kier molecular flexibility index (Phi) is 40.8. The number of pyridine rings is 1. The number of rotatable bonds is 2. The van der Waals surface area contributed by atoms with Gasteiger partial charge < -0.3 is 36.4 Å². The molecule has 1 aromatic rings. The zero-order valence-corrected chi connectivity index (χ0v) is 16.1. The van der Waals surface area contributed by atoms with Crippen LogP contribution >= 0.6 is 0 Å². The van der Waals surface area contributed by atoms with Crippen molar-refractivity contribution in [3.63, 3.8) is 0 Å². The Bertz CT molecular complexity index is 513. The molecule has 0 fully saturated rings. The summed E-state index contributed by atoms with van der Waals surface area (Å²) in [5.41, 5.74) is 0. The summed E-state index contributed by atoms with van der Waals surface area (Å²) in [5, 5.41) is 37.5. The van der Waals surface area contributed by atoms with Crippen molar-refractivity contribution >= 4 is 11.6 Å². The first-order valence-corrected chi connectivity index (χ1v) is 6.32. The number of carbonyl (C=O) groups is 2. The van der Waals surface area contributed by atoms with Crippen LogP contribution in [0.5, 0.6) is 5.75 Å². The number of ketones is 2. The molecule has 1 heterocycles. The summed E-state index contributed by atoms with van der Waals surface area (Å²) in [6, 6.07) is 3.25. The van der Waals surface area contributed by atoms with Gasteiger partial charge in [-0.3, -0.25) is 14.6 Å². The van der Waals surface area contributed by atoms with Gasteiger partial charge in [0.15, 0.2) is 11.6 Å². The van der Waals surface area contributed by atoms with Crippen molar-refractivity contribution in [1.82, 2.24) is 4.98 Å². The molecule has 1 aromatic heterocycles. The van der Waals surface area contributed by atoms with E-state index in [9.17, 15) is 19.8 Å². The van der Waals surface area contributed by atoms with E-state index in [0.717, 1.165) is 17.5 Å². The first-order valence-electron chi connectivity index (χ1n) is 6.32. The number of hydrogen-bond donors (Lipinski definition) is 1. The van der Waals surface area contributed by atoms with Gasteiger partial charge in [-0.15, -0.1) is 16.9 Å². The molecule has 156 valence electrons. The fourth-order valence-electron chi connectivity index (χ4n) is 0.926. The molecule has 0 atom stereocenters. The third-order valence-corrected chi connectivity index (χ3v) is 1.46. The van der Waals surface area contributed by atoms with Crippen molar-refractivity contribution in [1.29, 1.82) is 0 Å². The second kappa shape index (κ2) is 28.0. The van der Waals surface area contributed by atoms with Crippen LogP contribution < -0.4 is 10.2 Å². The van der Waals surface area contributed by atoms with Crippen LogP contribution in [-0.4, -0.2) is 32.6 Å². The summed E-state index contributed by atoms with van der Waals surface area (Å²) in [4.78, 5) is 31.6. The molecular formula is C15H23CoN2O9. The van der Waals surface area contributed by atoms with Gasteiger partial charge in [0.2, 0.25) is 0 Å². The third-order valence-electron chi connectivity index (χ3n) is 1.46. The van der Waals surface area contributed by atoms with E-state index in [0.29, 0.717) is 0 Å². The quantitative estimate of drug-likeness (QED) is 0.264. The van der Waals surface area contributed by atoms with Crippen LogP contribution in [0.25, 0.3) is 0 Å². The second-order valence-electron chi connectivity index (χ2n) is 4.02. The second-order valence-corrected chi connectivity index (χ2v) is 4.02. The average molecular weight is 434 g/mol. The predicted molar refractivity (Wildman–Crippen MR) is 91.2 cm³/mol. The standard InChI is InChI=1S/C5H5NO.2C5H8O2.Co.HNO2.2H2O/c7-5-2-1-3-6-4-5;2*1-4(6)3-5(2)7;;2-1-3;;/h1-4,7H;2*3,6H,1-2H3;;(H,2,3);2*1H2/q;;;+3;;;/p-3/b;2*4-3-;;;;. The van der Waals surface area contributed by atoms with E-state index in [1.807, 2.05) is 0 Å². The summed E-state index contributed by atoms with van der Waals surface area (Å²) in [7, 11) is 0. The Morgan fingerprint density at radius 2 is 1.37 bits per heavy atom. The molecule has 0 amide bonds. The van der Waals surface area contributed by atoms with Crippen molar-refractivity contribution in [3.8, 4) is 5.75 Å². The topological polar surface area (TPSA) is 229 Å². The van der Waals surface area contributed by atoms with Gasteiger partial charge in [-0.25, -0.2) is 0 Å². The summed E-state index contributed by atoms with van der Waals surface area (Å²) in [6.07, 6.45) is 5.11. The average Bonchev–Trinajstić information content (AvgIpc) is 2.38. The molecule has 0 bridgehead atoms. The minimum Gasteiger partial charge on any atom is -0.876 e. The normalized spacial score (nSPS) is 8.59. The molecule has 27 heavy (non-hydrogen) atoms. The Morgan fingerprint density at radius 1 is 1.04 bits per heavy atom. The maximum atomic E-state index is 9.98. The molecule has 0 spiro atoms. The van der Waals surface area contributed by atoms with Crippen LogP contribution in [0, 0.1) is 10.1 Å². The van der Waals surface area contributed by atoms with Crippen molar-refractivity contribution in [2.45, 2.75) is 27.7 Å². The van der Waals surface area contributed by atoms with Gasteiger partial charge in [-0.1, -0.05) is 13.8 Å². The molecule has 1 rings (SSSR count). The molecule has 5 N–H and O–H groups in total. The molecule has 0 unspecified atom stereocenters. The first-order chi connectivity index (χ1) is 11.1. The SMILES string of the molecule is CC(=O)/C=C(/C)[O-].CC(=O)/C=C(/C)[O-].O.O.O=N[O-].Oc1cccnc1.[Co+3]. The molecule has 0 aliphatic heterocycles. The van der Waals surface area contributed by atoms with Crippen molar-refractivity contribution < 1.29 is 52.6 Å². The van der Waals surface area contributed by atoms with E-state index in [1.54, 1.807) is 18.3 Å². The van der Waals surface area contributed by atoms with Crippen LogP contribution in [0.1, 0.15) is 27.7 Å². The van der Waals surface area contributed by atoms with Crippen molar-refractivity contribution in [2.75, 3.05) is 0 Å². The summed E-state index contributed by atoms with van der Waals surface area (Å²) < 4.78 is 0. The first kappa shape index (κ1) is 39.3. The summed E-state index contributed by atoms with van der Waals surface area (Å²) >= 11 is 0. The third kappa shape index (κ3) is 59.8. The molecule has 12 heteroatoms. The number of allylic oxidation sites excluding steroid dienone is 4. The van der Waals surface area contributed by atoms with E-state index < -0.39 is 0 Å². The molecule has 0 aliphatic rings. The molecule has 0 radical (unpaired) electrons. The number of hydrogen-bond acceptors (Lipinski definition) is 9. The number of aromatic hydroxyl groups is 1. The van der Waals surface area contributed by atoms with E-state index in [-0.39, 0.29) is 56.6 Å². The minimum absolute atomic E-state index is 0. The molecule has 0 saturated carbocycles. The minimum atomic E-state index is -0.187. The van der Waals surface area contributed by atoms with Gasteiger partial charge in [-0.2, -0.15) is 0 Å². The Balaban J connectivity index is -0.0000000542. The van der Waals surface area contributed by atoms with Gasteiger partial charge >= 0.3 is 16.8 Å². The van der Waals surface area contributed by atoms with Gasteiger partial charge in [0.05, 0.1) is 6.20 Å². The molecular weight excluding hydrogens is 411 g/mol. The van der Waals surface area contributed by atoms with Gasteiger partial charge in [0, 0.05) is 6.20 Å². The van der Waals surface area contributed by atoms with E-state index in [1.165, 1.54) is 33.9 Å². The Labute approximate surface area is 166 Å². The van der Waals surface area contributed by atoms with Gasteiger partial charge in [0.1, 0.15) is 5.75 Å². The van der Waals surface area contributed by atoms with E-state index in [2.05, 4.69) is 4.98 Å². The molecule has 0 saturated heterocycles. The van der Waals surface area contributed by atoms with E-state index in [4.69, 9.17) is 15.2 Å². The molecule has 0 aliphatic carbocycles. The smallest absolute Gasteiger partial charge is 0.876 e. The van der Waals surface area contributed by atoms with Crippen molar-refractivity contribution in [3.05, 3.63) is 58.3 Å². The number of aromatic nitrogens is 1. The van der Waals surface area contributed by atoms with E-state index >= 15 is 0 Å². The maximum Gasteiger partial charge on any atom is 3.00 e. The largest absolute Gasteiger partial charge is 3.00 e. The molecule has 0 aromatic carbocycles. The van der Waals surface area contributed by atoms with Crippen LogP contribution in [0.15, 0.2) is 53.5 Å². The zero-order chi connectivity index (χ0) is 19.5. The predicted octanol–water partition coefficient (Wildman–Crippen LogP) is -0.935. The maximum absolute atomic E-state index is 9.98.